The van der Waals surface area contributed by atoms with Gasteiger partial charge in [0.15, 0.2) is 0 Å². The number of aryl methyl sites for hydroxylation is 1. The van der Waals surface area contributed by atoms with E-state index in [2.05, 4.69) is 66.7 Å². The Balaban J connectivity index is 1.50. The molecule has 0 atom stereocenters. The number of ether oxygens (including phenoxy) is 1. The van der Waals surface area contributed by atoms with E-state index in [0.29, 0.717) is 6.61 Å². The fourth-order valence-corrected chi connectivity index (χ4v) is 4.88. The molecule has 4 aromatic rings. The van der Waals surface area contributed by atoms with Crippen molar-refractivity contribution in [1.82, 2.24) is 0 Å². The summed E-state index contributed by atoms with van der Waals surface area (Å²) in [5.41, 5.74) is 5.75. The normalized spacial score (nSPS) is 13.6. The van der Waals surface area contributed by atoms with Gasteiger partial charge < -0.3 is 4.74 Å². The number of benzene rings is 4. The van der Waals surface area contributed by atoms with Gasteiger partial charge >= 0.3 is 0 Å². The Labute approximate surface area is 195 Å². The molecule has 0 radical (unpaired) electrons. The molecular weight excluding hydrogens is 402 g/mol. The summed E-state index contributed by atoms with van der Waals surface area (Å²) in [6.07, 6.45) is 3.96. The molecule has 160 valence electrons. The predicted molar refractivity (Wildman–Crippen MR) is 133 cm³/mol. The molecule has 1 aliphatic carbocycles. The summed E-state index contributed by atoms with van der Waals surface area (Å²) in [4.78, 5) is 0. The van der Waals surface area contributed by atoms with Gasteiger partial charge in [0.1, 0.15) is 5.75 Å². The van der Waals surface area contributed by atoms with E-state index in [1.165, 1.54) is 5.56 Å². The van der Waals surface area contributed by atoms with Crippen molar-refractivity contribution in [3.63, 3.8) is 0 Å². The van der Waals surface area contributed by atoms with Gasteiger partial charge in [-0.05, 0) is 58.9 Å². The molecule has 5 rings (SSSR count). The van der Waals surface area contributed by atoms with Gasteiger partial charge in [-0.1, -0.05) is 97.1 Å². The molecule has 0 aliphatic heterocycles. The zero-order chi connectivity index (χ0) is 22.5. The second-order valence-electron chi connectivity index (χ2n) is 8.34. The zero-order valence-electron chi connectivity index (χ0n) is 18.4. The molecule has 0 heterocycles. The molecular formula is C31H25NO. The maximum absolute atomic E-state index is 10.2. The molecule has 0 unspecified atom stereocenters. The van der Waals surface area contributed by atoms with Crippen LogP contribution in [-0.2, 0) is 11.8 Å². The van der Waals surface area contributed by atoms with Gasteiger partial charge in [-0.2, -0.15) is 5.26 Å². The minimum atomic E-state index is -0.643. The lowest BCUT2D eigenvalue weighted by Crippen LogP contribution is -2.29. The largest absolute Gasteiger partial charge is 0.494 e. The van der Waals surface area contributed by atoms with Crippen LogP contribution in [-0.4, -0.2) is 6.61 Å². The molecule has 4 aromatic carbocycles. The topological polar surface area (TPSA) is 33.0 Å². The van der Waals surface area contributed by atoms with E-state index in [4.69, 9.17) is 4.74 Å². The van der Waals surface area contributed by atoms with Crippen LogP contribution >= 0.6 is 0 Å². The number of hydrogen-bond donors (Lipinski definition) is 0. The standard InChI is InChI=1S/C31H25NO/c32-23-28-21-25-18-19-29(33-20-10-13-24-11-4-1-5-12-24)22-30(25)31(28,26-14-6-2-7-15-26)27-16-8-3-9-17-27/h1-9,11-12,14-19,21-22H,10,13,20H2. The highest BCUT2D eigenvalue weighted by atomic mass is 16.5. The zero-order valence-corrected chi connectivity index (χ0v) is 18.4. The third kappa shape index (κ3) is 3.83. The second kappa shape index (κ2) is 9.18. The molecule has 0 saturated carbocycles. The highest BCUT2D eigenvalue weighted by Crippen LogP contribution is 2.51. The van der Waals surface area contributed by atoms with E-state index < -0.39 is 5.41 Å². The number of nitrogens with zero attached hydrogens (tertiary/aromatic N) is 1. The third-order valence-electron chi connectivity index (χ3n) is 6.39. The van der Waals surface area contributed by atoms with Crippen LogP contribution in [0.2, 0.25) is 0 Å². The van der Waals surface area contributed by atoms with E-state index in [-0.39, 0.29) is 0 Å². The number of fused-ring (bicyclic) bond motifs is 1. The van der Waals surface area contributed by atoms with Crippen molar-refractivity contribution < 1.29 is 4.74 Å². The fourth-order valence-electron chi connectivity index (χ4n) is 4.88. The Morgan fingerprint density at radius 3 is 1.94 bits per heavy atom. The highest BCUT2D eigenvalue weighted by Gasteiger charge is 2.45. The maximum Gasteiger partial charge on any atom is 0.119 e. The Bertz CT molecular complexity index is 1260. The lowest BCUT2D eigenvalue weighted by Gasteiger charge is -2.33. The lowest BCUT2D eigenvalue weighted by molar-refractivity contribution is 0.310. The SMILES string of the molecule is N#CC1=Cc2ccc(OCCCc3ccccc3)cc2C1(c1ccccc1)c1ccccc1. The molecule has 0 bridgehead atoms. The fraction of sp³-hybridized carbons (Fsp3) is 0.129. The van der Waals surface area contributed by atoms with Crippen molar-refractivity contribution in [3.8, 4) is 11.8 Å². The molecule has 2 heteroatoms. The van der Waals surface area contributed by atoms with Gasteiger partial charge in [0.05, 0.1) is 18.1 Å². The quantitative estimate of drug-likeness (QED) is 0.299. The van der Waals surface area contributed by atoms with Crippen molar-refractivity contribution in [2.75, 3.05) is 6.61 Å². The average molecular weight is 428 g/mol. The van der Waals surface area contributed by atoms with Crippen LogP contribution in [0, 0.1) is 11.3 Å². The van der Waals surface area contributed by atoms with Crippen LogP contribution in [0.25, 0.3) is 6.08 Å². The lowest BCUT2D eigenvalue weighted by atomic mass is 9.67. The first-order valence-electron chi connectivity index (χ1n) is 11.4. The summed E-state index contributed by atoms with van der Waals surface area (Å²) in [5.74, 6) is 0.839. The van der Waals surface area contributed by atoms with Gasteiger partial charge in [0, 0.05) is 5.57 Å². The van der Waals surface area contributed by atoms with Gasteiger partial charge in [0.25, 0.3) is 0 Å². The summed E-state index contributed by atoms with van der Waals surface area (Å²) in [6.45, 7) is 0.649. The van der Waals surface area contributed by atoms with Gasteiger partial charge in [-0.25, -0.2) is 0 Å². The van der Waals surface area contributed by atoms with Gasteiger partial charge in [-0.15, -0.1) is 0 Å². The minimum absolute atomic E-state index is 0.643. The molecule has 0 aromatic heterocycles. The summed E-state index contributed by atoms with van der Waals surface area (Å²) >= 11 is 0. The molecule has 2 nitrogen and oxygen atoms in total. The summed E-state index contributed by atoms with van der Waals surface area (Å²) < 4.78 is 6.18. The first-order chi connectivity index (χ1) is 16.3. The van der Waals surface area contributed by atoms with Crippen LogP contribution in [0.3, 0.4) is 0 Å². The number of rotatable bonds is 7. The van der Waals surface area contributed by atoms with Crippen molar-refractivity contribution in [1.29, 1.82) is 5.26 Å². The van der Waals surface area contributed by atoms with Crippen molar-refractivity contribution in [2.24, 2.45) is 0 Å². The van der Waals surface area contributed by atoms with E-state index >= 15 is 0 Å². The molecule has 0 amide bonds. The van der Waals surface area contributed by atoms with Crippen molar-refractivity contribution in [2.45, 2.75) is 18.3 Å². The molecule has 0 spiro atoms. The minimum Gasteiger partial charge on any atom is -0.494 e. The molecule has 33 heavy (non-hydrogen) atoms. The monoisotopic (exact) mass is 427 g/mol. The molecule has 1 aliphatic rings. The van der Waals surface area contributed by atoms with E-state index in [1.807, 2.05) is 54.6 Å². The average Bonchev–Trinajstić information content (AvgIpc) is 3.23. The second-order valence-corrected chi connectivity index (χ2v) is 8.34. The first-order valence-corrected chi connectivity index (χ1v) is 11.4. The summed E-state index contributed by atoms with van der Waals surface area (Å²) in [5, 5.41) is 10.2. The Kier molecular flexibility index (Phi) is 5.79. The highest BCUT2D eigenvalue weighted by molar-refractivity contribution is 5.80. The van der Waals surface area contributed by atoms with Crippen molar-refractivity contribution in [3.05, 3.63) is 143 Å². The van der Waals surface area contributed by atoms with E-state index in [0.717, 1.165) is 46.4 Å². The summed E-state index contributed by atoms with van der Waals surface area (Å²) in [6, 6.07) is 39.8. The number of hydrogen-bond acceptors (Lipinski definition) is 2. The third-order valence-corrected chi connectivity index (χ3v) is 6.39. The molecule has 0 saturated heterocycles. The van der Waals surface area contributed by atoms with Crippen LogP contribution in [0.5, 0.6) is 5.75 Å². The number of nitriles is 1. The predicted octanol–water partition coefficient (Wildman–Crippen LogP) is 6.95. The van der Waals surface area contributed by atoms with Crippen LogP contribution in [0.1, 0.15) is 34.2 Å². The Morgan fingerprint density at radius 1 is 0.727 bits per heavy atom. The van der Waals surface area contributed by atoms with Crippen molar-refractivity contribution >= 4 is 6.08 Å². The van der Waals surface area contributed by atoms with Crippen LogP contribution in [0.4, 0.5) is 0 Å². The molecule has 0 fully saturated rings. The summed E-state index contributed by atoms with van der Waals surface area (Å²) in [7, 11) is 0. The van der Waals surface area contributed by atoms with E-state index in [9.17, 15) is 5.26 Å². The van der Waals surface area contributed by atoms with Gasteiger partial charge in [0.2, 0.25) is 0 Å². The first kappa shape index (κ1) is 20.8. The smallest absolute Gasteiger partial charge is 0.119 e. The Hall–Kier alpha value is -4.09. The Morgan fingerprint density at radius 2 is 1.33 bits per heavy atom. The maximum atomic E-state index is 10.2. The van der Waals surface area contributed by atoms with Crippen LogP contribution in [0.15, 0.2) is 115 Å². The molecule has 0 N–H and O–H groups in total. The van der Waals surface area contributed by atoms with Gasteiger partial charge in [-0.3, -0.25) is 0 Å². The van der Waals surface area contributed by atoms with Crippen LogP contribution < -0.4 is 4.74 Å². The number of allylic oxidation sites excluding steroid dienone is 1. The van der Waals surface area contributed by atoms with E-state index in [1.54, 1.807) is 0 Å².